The molecule has 0 bridgehead atoms. The van der Waals surface area contributed by atoms with E-state index < -0.39 is 0 Å². The summed E-state index contributed by atoms with van der Waals surface area (Å²) >= 11 is 2.08. The molecule has 0 spiro atoms. The Labute approximate surface area is 156 Å². The van der Waals surface area contributed by atoms with Crippen molar-refractivity contribution in [2.45, 2.75) is 37.0 Å². The van der Waals surface area contributed by atoms with Crippen molar-refractivity contribution in [1.82, 2.24) is 10.2 Å². The normalized spacial score (nSPS) is 25.5. The van der Waals surface area contributed by atoms with Gasteiger partial charge in [0.2, 0.25) is 0 Å². The van der Waals surface area contributed by atoms with Gasteiger partial charge in [-0.15, -0.1) is 24.0 Å². The number of hydrogen-bond donors (Lipinski definition) is 1. The van der Waals surface area contributed by atoms with E-state index >= 15 is 0 Å². The van der Waals surface area contributed by atoms with Crippen LogP contribution in [0.1, 0.15) is 26.2 Å². The highest BCUT2D eigenvalue weighted by Gasteiger charge is 2.33. The number of rotatable bonds is 4. The van der Waals surface area contributed by atoms with Crippen molar-refractivity contribution >= 4 is 41.7 Å². The molecule has 2 fully saturated rings. The largest absolute Gasteiger partial charge is 0.381 e. The van der Waals surface area contributed by atoms with Gasteiger partial charge in [-0.1, -0.05) is 6.92 Å². The van der Waals surface area contributed by atoms with Crippen LogP contribution in [0.2, 0.25) is 0 Å². The Morgan fingerprint density at radius 2 is 2.18 bits per heavy atom. The van der Waals surface area contributed by atoms with Crippen molar-refractivity contribution in [3.63, 3.8) is 0 Å². The number of hydrogen-bond acceptors (Lipinski definition) is 4. The monoisotopic (exact) mass is 443 g/mol. The molecule has 130 valence electrons. The zero-order valence-corrected chi connectivity index (χ0v) is 17.1. The predicted octanol–water partition coefficient (Wildman–Crippen LogP) is 2.20. The quantitative estimate of drug-likeness (QED) is 0.410. The standard InChI is InChI=1S/C15H29N3O2S.HI/c1-4-13-11-18(7-10-21-13)14(16-2)17-12-15(19-3)5-8-20-9-6-15;/h13H,4-12H2,1-3H3,(H,16,17);1H. The van der Waals surface area contributed by atoms with Gasteiger partial charge in [0.1, 0.15) is 0 Å². The first-order valence-corrected chi connectivity index (χ1v) is 8.98. The second-order valence-corrected chi connectivity index (χ2v) is 7.16. The molecule has 2 heterocycles. The fourth-order valence-corrected chi connectivity index (χ4v) is 4.11. The van der Waals surface area contributed by atoms with Crippen molar-refractivity contribution in [3.05, 3.63) is 0 Å². The lowest BCUT2D eigenvalue weighted by molar-refractivity contribution is -0.0857. The van der Waals surface area contributed by atoms with Gasteiger partial charge in [-0.2, -0.15) is 11.8 Å². The Bertz CT molecular complexity index is 352. The van der Waals surface area contributed by atoms with E-state index in [-0.39, 0.29) is 29.6 Å². The van der Waals surface area contributed by atoms with E-state index in [0.717, 1.165) is 56.9 Å². The minimum Gasteiger partial charge on any atom is -0.381 e. The molecule has 0 aliphatic carbocycles. The number of thioether (sulfide) groups is 1. The summed E-state index contributed by atoms with van der Waals surface area (Å²) in [5, 5.41) is 4.25. The van der Waals surface area contributed by atoms with E-state index in [9.17, 15) is 0 Å². The average Bonchev–Trinajstić information content (AvgIpc) is 2.56. The van der Waals surface area contributed by atoms with Crippen LogP contribution < -0.4 is 5.32 Å². The summed E-state index contributed by atoms with van der Waals surface area (Å²) in [7, 11) is 3.68. The maximum atomic E-state index is 5.78. The Morgan fingerprint density at radius 3 is 2.77 bits per heavy atom. The van der Waals surface area contributed by atoms with Crippen LogP contribution in [0.5, 0.6) is 0 Å². The Kier molecular flexibility index (Phi) is 9.42. The highest BCUT2D eigenvalue weighted by Crippen LogP contribution is 2.24. The van der Waals surface area contributed by atoms with Gasteiger partial charge in [-0.05, 0) is 6.42 Å². The predicted molar refractivity (Wildman–Crippen MR) is 105 cm³/mol. The van der Waals surface area contributed by atoms with Gasteiger partial charge in [-0.25, -0.2) is 0 Å². The Morgan fingerprint density at radius 1 is 1.45 bits per heavy atom. The van der Waals surface area contributed by atoms with Gasteiger partial charge in [-0.3, -0.25) is 4.99 Å². The third-order valence-electron chi connectivity index (χ3n) is 4.51. The molecule has 7 heteroatoms. The highest BCUT2D eigenvalue weighted by atomic mass is 127. The smallest absolute Gasteiger partial charge is 0.193 e. The molecular formula is C15H30IN3O2S. The van der Waals surface area contributed by atoms with Crippen LogP contribution in [0.3, 0.4) is 0 Å². The lowest BCUT2D eigenvalue weighted by Crippen LogP contribution is -2.53. The number of aliphatic imine (C=N–C) groups is 1. The lowest BCUT2D eigenvalue weighted by Gasteiger charge is -2.39. The van der Waals surface area contributed by atoms with E-state index in [4.69, 9.17) is 9.47 Å². The number of nitrogens with one attached hydrogen (secondary N) is 1. The lowest BCUT2D eigenvalue weighted by atomic mass is 9.94. The zero-order valence-electron chi connectivity index (χ0n) is 14.0. The first-order valence-electron chi connectivity index (χ1n) is 7.93. The first kappa shape index (κ1) is 20.3. The molecule has 1 N–H and O–H groups in total. The maximum Gasteiger partial charge on any atom is 0.193 e. The number of ether oxygens (including phenoxy) is 2. The van der Waals surface area contributed by atoms with E-state index in [1.54, 1.807) is 7.11 Å². The van der Waals surface area contributed by atoms with Gasteiger partial charge < -0.3 is 19.7 Å². The first-order chi connectivity index (χ1) is 10.2. The zero-order chi connectivity index (χ0) is 15.1. The van der Waals surface area contributed by atoms with Crippen LogP contribution in [0.15, 0.2) is 4.99 Å². The molecule has 1 atom stereocenters. The number of nitrogens with zero attached hydrogens (tertiary/aromatic N) is 2. The topological polar surface area (TPSA) is 46.1 Å². The third-order valence-corrected chi connectivity index (χ3v) is 5.88. The molecule has 1 unspecified atom stereocenters. The molecule has 0 aromatic heterocycles. The van der Waals surface area contributed by atoms with Crippen molar-refractivity contribution in [2.75, 3.05) is 52.8 Å². The van der Waals surface area contributed by atoms with Crippen LogP contribution in [0, 0.1) is 0 Å². The van der Waals surface area contributed by atoms with Crippen molar-refractivity contribution < 1.29 is 9.47 Å². The SMILES string of the molecule is CCC1CN(C(=NC)NCC2(OC)CCOCC2)CCS1.I. The van der Waals surface area contributed by atoms with Gasteiger partial charge in [0.15, 0.2) is 5.96 Å². The second kappa shape index (κ2) is 10.2. The molecule has 22 heavy (non-hydrogen) atoms. The van der Waals surface area contributed by atoms with Crippen LogP contribution in [-0.4, -0.2) is 74.5 Å². The van der Waals surface area contributed by atoms with E-state index in [2.05, 4.69) is 33.9 Å². The van der Waals surface area contributed by atoms with Gasteiger partial charge in [0.25, 0.3) is 0 Å². The molecule has 2 saturated heterocycles. The number of halogens is 1. The molecule has 0 radical (unpaired) electrons. The summed E-state index contributed by atoms with van der Waals surface area (Å²) in [5.41, 5.74) is -0.108. The minimum absolute atomic E-state index is 0. The summed E-state index contributed by atoms with van der Waals surface area (Å²) in [6, 6.07) is 0. The number of methoxy groups -OCH3 is 1. The molecular weight excluding hydrogens is 413 g/mol. The molecule has 0 saturated carbocycles. The van der Waals surface area contributed by atoms with Crippen LogP contribution in [0.25, 0.3) is 0 Å². The van der Waals surface area contributed by atoms with Crippen molar-refractivity contribution in [3.8, 4) is 0 Å². The van der Waals surface area contributed by atoms with Crippen LogP contribution >= 0.6 is 35.7 Å². The summed E-state index contributed by atoms with van der Waals surface area (Å²) < 4.78 is 11.2. The Balaban J connectivity index is 0.00000242. The summed E-state index contributed by atoms with van der Waals surface area (Å²) in [6.07, 6.45) is 3.11. The van der Waals surface area contributed by atoms with Crippen LogP contribution in [0.4, 0.5) is 0 Å². The highest BCUT2D eigenvalue weighted by molar-refractivity contribution is 14.0. The summed E-state index contributed by atoms with van der Waals surface area (Å²) in [5.74, 6) is 2.19. The van der Waals surface area contributed by atoms with Crippen molar-refractivity contribution in [2.24, 2.45) is 4.99 Å². The van der Waals surface area contributed by atoms with Gasteiger partial charge >= 0.3 is 0 Å². The molecule has 2 rings (SSSR count). The molecule has 2 aliphatic rings. The van der Waals surface area contributed by atoms with Crippen LogP contribution in [-0.2, 0) is 9.47 Å². The molecule has 2 aliphatic heterocycles. The summed E-state index contributed by atoms with van der Waals surface area (Å²) in [4.78, 5) is 6.85. The third kappa shape index (κ3) is 5.42. The second-order valence-electron chi connectivity index (χ2n) is 5.75. The minimum atomic E-state index is -0.108. The molecule has 0 aromatic rings. The molecule has 0 amide bonds. The maximum absolute atomic E-state index is 5.78. The van der Waals surface area contributed by atoms with Gasteiger partial charge in [0.05, 0.1) is 5.60 Å². The molecule has 5 nitrogen and oxygen atoms in total. The summed E-state index contributed by atoms with van der Waals surface area (Å²) in [6.45, 7) is 6.80. The van der Waals surface area contributed by atoms with Gasteiger partial charge in [0, 0.05) is 70.8 Å². The van der Waals surface area contributed by atoms with E-state index in [0.29, 0.717) is 0 Å². The fraction of sp³-hybridized carbons (Fsp3) is 0.933. The number of guanidine groups is 1. The van der Waals surface area contributed by atoms with Crippen molar-refractivity contribution in [1.29, 1.82) is 0 Å². The average molecular weight is 443 g/mol. The molecule has 0 aromatic carbocycles. The van der Waals surface area contributed by atoms with E-state index in [1.807, 2.05) is 7.05 Å². The fourth-order valence-electron chi connectivity index (χ4n) is 2.93. The van der Waals surface area contributed by atoms with E-state index in [1.165, 1.54) is 12.2 Å². The Hall–Kier alpha value is 0.270.